The molecule has 4 amide bonds. The number of hydrogen-bond donors (Lipinski definition) is 3. The number of sulfonamides is 1. The Kier molecular flexibility index (Phi) is 11.6. The van der Waals surface area contributed by atoms with Gasteiger partial charge in [-0.15, -0.1) is 0 Å². The van der Waals surface area contributed by atoms with E-state index in [0.717, 1.165) is 63.0 Å². The minimum absolute atomic E-state index is 0.0101. The fourth-order valence-electron chi connectivity index (χ4n) is 11.5. The SMILES string of the molecule is C[C@@]1(O)CCC[C@@H]1n1c(=O)ccc2cnc(NC3CCN(S(=O)(=O)C4CCN(CC5CCN(C6CN(c7cc8c(cc7F)C(=O)N(C7CCC(=O)NC7=O)C8=O)C6)CC5)CC4)CC3)nc21. The van der Waals surface area contributed by atoms with Gasteiger partial charge in [-0.2, -0.15) is 4.98 Å². The molecular weight excluding hydrogens is 860 g/mol. The Labute approximate surface area is 376 Å². The molecule has 10 rings (SSSR count). The number of carbonyl (C=O) groups is 4. The number of likely N-dealkylation sites (tertiary alicyclic amines) is 2. The highest BCUT2D eigenvalue weighted by atomic mass is 32.2. The number of benzene rings is 1. The number of nitrogens with one attached hydrogen (secondary N) is 2. The van der Waals surface area contributed by atoms with Crippen molar-refractivity contribution in [3.05, 3.63) is 57.8 Å². The molecule has 1 unspecified atom stereocenters. The lowest BCUT2D eigenvalue weighted by Gasteiger charge is -2.49. The van der Waals surface area contributed by atoms with E-state index in [-0.39, 0.29) is 53.3 Å². The van der Waals surface area contributed by atoms with E-state index >= 15 is 4.39 Å². The molecule has 0 bridgehead atoms. The summed E-state index contributed by atoms with van der Waals surface area (Å²) in [4.78, 5) is 80.3. The molecule has 0 spiro atoms. The molecule has 1 saturated carbocycles. The van der Waals surface area contributed by atoms with E-state index in [2.05, 4.69) is 25.4 Å². The lowest BCUT2D eigenvalue weighted by molar-refractivity contribution is -0.136. The van der Waals surface area contributed by atoms with Gasteiger partial charge in [-0.1, -0.05) is 0 Å². The third kappa shape index (κ3) is 8.22. The summed E-state index contributed by atoms with van der Waals surface area (Å²) < 4.78 is 46.4. The predicted molar refractivity (Wildman–Crippen MR) is 237 cm³/mol. The third-order valence-electron chi connectivity index (χ3n) is 15.4. The van der Waals surface area contributed by atoms with Crippen molar-refractivity contribution < 1.29 is 37.1 Å². The van der Waals surface area contributed by atoms with Gasteiger partial charge in [-0.25, -0.2) is 22.1 Å². The molecule has 3 atom stereocenters. The van der Waals surface area contributed by atoms with Gasteiger partial charge in [-0.05, 0) is 121 Å². The van der Waals surface area contributed by atoms with Crippen LogP contribution >= 0.6 is 0 Å². The topological polar surface area (TPSA) is 211 Å². The van der Waals surface area contributed by atoms with Crippen LogP contribution in [-0.4, -0.2) is 159 Å². The molecule has 20 heteroatoms. The second-order valence-electron chi connectivity index (χ2n) is 19.5. The number of aromatic nitrogens is 3. The lowest BCUT2D eigenvalue weighted by atomic mass is 9.92. The first-order valence-electron chi connectivity index (χ1n) is 23.3. The minimum Gasteiger partial charge on any atom is -0.388 e. The molecule has 18 nitrogen and oxygen atoms in total. The largest absolute Gasteiger partial charge is 0.388 e. The molecule has 1 aliphatic carbocycles. The van der Waals surface area contributed by atoms with Crippen LogP contribution in [0.3, 0.4) is 0 Å². The van der Waals surface area contributed by atoms with E-state index in [1.807, 2.05) is 4.90 Å². The first kappa shape index (κ1) is 44.0. The van der Waals surface area contributed by atoms with Crippen molar-refractivity contribution in [1.29, 1.82) is 0 Å². The van der Waals surface area contributed by atoms with Crippen LogP contribution in [0, 0.1) is 11.7 Å². The maximum Gasteiger partial charge on any atom is 0.262 e. The molecule has 5 saturated heterocycles. The van der Waals surface area contributed by atoms with Crippen LogP contribution < -0.4 is 21.1 Å². The highest BCUT2D eigenvalue weighted by molar-refractivity contribution is 7.89. The van der Waals surface area contributed by atoms with Crippen LogP contribution in [0.5, 0.6) is 0 Å². The Morgan fingerprint density at radius 1 is 0.892 bits per heavy atom. The number of pyridine rings is 1. The Hall–Kier alpha value is -4.89. The zero-order chi connectivity index (χ0) is 45.4. The molecule has 1 aromatic carbocycles. The maximum absolute atomic E-state index is 15.4. The summed E-state index contributed by atoms with van der Waals surface area (Å²) in [6.45, 7) is 8.02. The summed E-state index contributed by atoms with van der Waals surface area (Å²) >= 11 is 0. The number of piperidine rings is 4. The Balaban J connectivity index is 0.661. The summed E-state index contributed by atoms with van der Waals surface area (Å²) in [7, 11) is -3.46. The second-order valence-corrected chi connectivity index (χ2v) is 21.7. The number of aliphatic hydroxyl groups is 1. The summed E-state index contributed by atoms with van der Waals surface area (Å²) in [5, 5.41) is 16.9. The molecule has 6 fully saturated rings. The van der Waals surface area contributed by atoms with E-state index in [9.17, 15) is 37.5 Å². The average molecular weight is 917 g/mol. The summed E-state index contributed by atoms with van der Waals surface area (Å²) in [5.41, 5.74) is -0.476. The Morgan fingerprint density at radius 3 is 2.28 bits per heavy atom. The van der Waals surface area contributed by atoms with E-state index in [4.69, 9.17) is 4.98 Å². The summed E-state index contributed by atoms with van der Waals surface area (Å²) in [6, 6.07) is 4.44. The van der Waals surface area contributed by atoms with Crippen molar-refractivity contribution in [2.24, 2.45) is 5.92 Å². The number of nitrogens with zero attached hydrogens (tertiary/aromatic N) is 8. The maximum atomic E-state index is 15.4. The van der Waals surface area contributed by atoms with Gasteiger partial charge >= 0.3 is 0 Å². The smallest absolute Gasteiger partial charge is 0.262 e. The van der Waals surface area contributed by atoms with Gasteiger partial charge in [0.25, 0.3) is 17.4 Å². The average Bonchev–Trinajstić information content (AvgIpc) is 3.73. The van der Waals surface area contributed by atoms with E-state index < -0.39 is 56.4 Å². The van der Waals surface area contributed by atoms with Crippen LogP contribution in [0.1, 0.15) is 104 Å². The van der Waals surface area contributed by atoms with Crippen LogP contribution in [0.15, 0.2) is 35.3 Å². The van der Waals surface area contributed by atoms with Gasteiger partial charge in [0.1, 0.15) is 17.5 Å². The predicted octanol–water partition coefficient (Wildman–Crippen LogP) is 2.08. The van der Waals surface area contributed by atoms with Crippen LogP contribution in [0.4, 0.5) is 16.0 Å². The fraction of sp³-hybridized carbons (Fsp3) is 0.622. The highest BCUT2D eigenvalue weighted by Crippen LogP contribution is 2.40. The quantitative estimate of drug-likeness (QED) is 0.249. The summed E-state index contributed by atoms with van der Waals surface area (Å²) in [5.74, 6) is -2.26. The number of carbonyl (C=O) groups excluding carboxylic acids is 4. The first-order valence-corrected chi connectivity index (χ1v) is 24.8. The molecule has 7 aliphatic rings. The number of amides is 4. The number of anilines is 2. The van der Waals surface area contributed by atoms with Crippen LogP contribution in [-0.2, 0) is 19.6 Å². The molecular formula is C45H57FN10O8S. The zero-order valence-corrected chi connectivity index (χ0v) is 37.5. The molecule has 6 aliphatic heterocycles. The molecule has 0 radical (unpaired) electrons. The Morgan fingerprint density at radius 2 is 1.60 bits per heavy atom. The van der Waals surface area contributed by atoms with Crippen LogP contribution in [0.2, 0.25) is 0 Å². The van der Waals surface area contributed by atoms with Crippen molar-refractivity contribution in [3.8, 4) is 0 Å². The fourth-order valence-corrected chi connectivity index (χ4v) is 13.4. The molecule has 65 heavy (non-hydrogen) atoms. The van der Waals surface area contributed by atoms with Crippen LogP contribution in [0.25, 0.3) is 11.0 Å². The van der Waals surface area contributed by atoms with Gasteiger partial charge in [0, 0.05) is 68.9 Å². The van der Waals surface area contributed by atoms with E-state index in [0.29, 0.717) is 87.6 Å². The van der Waals surface area contributed by atoms with Gasteiger partial charge in [-0.3, -0.25) is 43.7 Å². The monoisotopic (exact) mass is 916 g/mol. The first-order chi connectivity index (χ1) is 31.1. The van der Waals surface area contributed by atoms with Crippen molar-refractivity contribution in [2.75, 3.05) is 69.1 Å². The molecule has 2 aromatic heterocycles. The summed E-state index contributed by atoms with van der Waals surface area (Å²) in [6.07, 6.45) is 8.32. The zero-order valence-electron chi connectivity index (χ0n) is 36.7. The number of fused-ring (bicyclic) bond motifs is 2. The minimum atomic E-state index is -3.46. The second kappa shape index (κ2) is 17.1. The molecule has 8 heterocycles. The van der Waals surface area contributed by atoms with Gasteiger partial charge in [0.2, 0.25) is 27.8 Å². The number of rotatable bonds is 10. The number of imide groups is 2. The molecule has 348 valence electrons. The van der Waals surface area contributed by atoms with Gasteiger partial charge in [0.05, 0.1) is 33.7 Å². The standard InChI is InChI=1S/C45H57FN10O8S/c1-45(62)14-2-3-37(45)56-39(58)7-4-28-23-47-44(50-40(28)56)48-29-10-19-54(20-11-29)65(63,64)31-12-15-51(16-13-31)24-27-8-17-52(18-9-27)30-25-53(26-30)36-22-33-32(21-34(36)46)42(60)55(43(33)61)35-5-6-38(57)49-41(35)59/h4,7,21-23,27,29-31,35,37,62H,2-3,5-6,8-20,24-26H2,1H3,(H,47,48,50)(H,49,57,59)/t35?,37-,45+/m0/s1. The molecule has 3 aromatic rings. The van der Waals surface area contributed by atoms with E-state index in [1.54, 1.807) is 28.1 Å². The van der Waals surface area contributed by atoms with Crippen molar-refractivity contribution in [1.82, 2.24) is 38.9 Å². The highest BCUT2D eigenvalue weighted by Gasteiger charge is 2.47. The normalized spacial score (nSPS) is 27.4. The lowest BCUT2D eigenvalue weighted by Crippen LogP contribution is -2.61. The van der Waals surface area contributed by atoms with Gasteiger partial charge in [0.15, 0.2) is 0 Å². The third-order valence-corrected chi connectivity index (χ3v) is 17.8. The van der Waals surface area contributed by atoms with Crippen molar-refractivity contribution in [2.45, 2.75) is 113 Å². The van der Waals surface area contributed by atoms with Crippen molar-refractivity contribution in [3.63, 3.8) is 0 Å². The van der Waals surface area contributed by atoms with Gasteiger partial charge < -0.3 is 20.2 Å². The number of hydrogen-bond acceptors (Lipinski definition) is 14. The molecule has 3 N–H and O–H groups in total. The Bertz CT molecular complexity index is 2580. The van der Waals surface area contributed by atoms with E-state index in [1.165, 1.54) is 12.1 Å². The number of halogens is 1. The van der Waals surface area contributed by atoms with Crippen molar-refractivity contribution >= 4 is 56.3 Å².